The van der Waals surface area contributed by atoms with Crippen LogP contribution in [0.25, 0.3) is 5.69 Å². The van der Waals surface area contributed by atoms with Gasteiger partial charge in [0.2, 0.25) is 0 Å². The average molecular weight is 330 g/mol. The maximum atomic E-state index is 13.0. The molecule has 10 heteroatoms. The van der Waals surface area contributed by atoms with Gasteiger partial charge in [0.15, 0.2) is 5.60 Å². The van der Waals surface area contributed by atoms with Gasteiger partial charge in [-0.2, -0.15) is 18.3 Å². The van der Waals surface area contributed by atoms with Crippen molar-refractivity contribution in [2.75, 3.05) is 5.73 Å². The SMILES string of the molecule is Cc1nn(-c2ccc([N+](=O)[O-])cc2)c(N)c1[C@](C)(O)C(F)(F)F. The molecule has 0 amide bonds. The van der Waals surface area contributed by atoms with E-state index >= 15 is 0 Å². The van der Waals surface area contributed by atoms with Crippen molar-refractivity contribution in [1.29, 1.82) is 0 Å². The molecule has 2 rings (SSSR count). The van der Waals surface area contributed by atoms with Crippen LogP contribution in [0.2, 0.25) is 0 Å². The molecule has 0 unspecified atom stereocenters. The molecule has 0 aliphatic heterocycles. The van der Waals surface area contributed by atoms with Crippen LogP contribution in [0.15, 0.2) is 24.3 Å². The summed E-state index contributed by atoms with van der Waals surface area (Å²) < 4.78 is 40.0. The van der Waals surface area contributed by atoms with Crippen LogP contribution >= 0.6 is 0 Å². The zero-order valence-electron chi connectivity index (χ0n) is 12.1. The fourth-order valence-corrected chi connectivity index (χ4v) is 2.20. The van der Waals surface area contributed by atoms with Crippen molar-refractivity contribution in [2.24, 2.45) is 0 Å². The molecule has 0 aliphatic carbocycles. The molecule has 7 nitrogen and oxygen atoms in total. The van der Waals surface area contributed by atoms with E-state index < -0.39 is 28.1 Å². The Bertz CT molecular complexity index is 751. The Hall–Kier alpha value is -2.62. The monoisotopic (exact) mass is 330 g/mol. The number of nitro benzene ring substituents is 1. The Kier molecular flexibility index (Phi) is 3.81. The molecule has 1 aromatic carbocycles. The molecule has 0 saturated carbocycles. The zero-order valence-corrected chi connectivity index (χ0v) is 12.1. The highest BCUT2D eigenvalue weighted by Crippen LogP contribution is 2.42. The molecule has 3 N–H and O–H groups in total. The highest BCUT2D eigenvalue weighted by atomic mass is 19.4. The van der Waals surface area contributed by atoms with E-state index in [4.69, 9.17) is 5.73 Å². The smallest absolute Gasteiger partial charge is 0.383 e. The summed E-state index contributed by atoms with van der Waals surface area (Å²) in [5.41, 5.74) is 1.96. The van der Waals surface area contributed by atoms with Crippen molar-refractivity contribution in [3.63, 3.8) is 0 Å². The zero-order chi connectivity index (χ0) is 17.6. The van der Waals surface area contributed by atoms with Crippen LogP contribution < -0.4 is 5.73 Å². The molecular formula is C13H13F3N4O3. The molecule has 0 aliphatic rings. The van der Waals surface area contributed by atoms with E-state index in [0.717, 1.165) is 4.68 Å². The van der Waals surface area contributed by atoms with Gasteiger partial charge in [0.05, 0.1) is 21.9 Å². The van der Waals surface area contributed by atoms with Crippen LogP contribution in [0.4, 0.5) is 24.7 Å². The van der Waals surface area contributed by atoms with Crippen molar-refractivity contribution in [2.45, 2.75) is 25.6 Å². The molecule has 1 atom stereocenters. The minimum Gasteiger partial charge on any atom is -0.383 e. The first kappa shape index (κ1) is 16.7. The predicted octanol–water partition coefficient (Wildman–Crippen LogP) is 2.44. The first-order valence-electron chi connectivity index (χ1n) is 6.36. The fourth-order valence-electron chi connectivity index (χ4n) is 2.20. The molecule has 1 aromatic heterocycles. The largest absolute Gasteiger partial charge is 0.421 e. The van der Waals surface area contributed by atoms with Gasteiger partial charge >= 0.3 is 6.18 Å². The summed E-state index contributed by atoms with van der Waals surface area (Å²) in [5, 5.41) is 24.3. The number of nitrogen functional groups attached to an aromatic ring is 1. The third-order valence-electron chi connectivity index (χ3n) is 3.44. The van der Waals surface area contributed by atoms with Crippen molar-refractivity contribution >= 4 is 11.5 Å². The number of nitro groups is 1. The topological polar surface area (TPSA) is 107 Å². The third kappa shape index (κ3) is 2.72. The third-order valence-corrected chi connectivity index (χ3v) is 3.44. The molecule has 0 spiro atoms. The molecule has 0 fully saturated rings. The lowest BCUT2D eigenvalue weighted by atomic mass is 9.95. The van der Waals surface area contributed by atoms with E-state index in [2.05, 4.69) is 5.10 Å². The van der Waals surface area contributed by atoms with Crippen molar-refractivity contribution < 1.29 is 23.2 Å². The number of nitrogens with zero attached hydrogens (tertiary/aromatic N) is 3. The Labute approximate surface area is 128 Å². The van der Waals surface area contributed by atoms with Crippen LogP contribution in [-0.4, -0.2) is 26.0 Å². The number of hydrogen-bond acceptors (Lipinski definition) is 5. The summed E-state index contributed by atoms with van der Waals surface area (Å²) in [5.74, 6) is -0.390. The standard InChI is InChI=1S/C13H13F3N4O3/c1-7-10(12(2,21)13(14,15)16)11(17)19(18-7)8-3-5-9(6-4-8)20(22)23/h3-6,21H,17H2,1-2H3/t12-/m0/s1. The van der Waals surface area contributed by atoms with Gasteiger partial charge in [0.1, 0.15) is 5.82 Å². The fraction of sp³-hybridized carbons (Fsp3) is 0.308. The van der Waals surface area contributed by atoms with Crippen LogP contribution in [0.5, 0.6) is 0 Å². The van der Waals surface area contributed by atoms with Crippen molar-refractivity contribution in [1.82, 2.24) is 9.78 Å². The van der Waals surface area contributed by atoms with Crippen molar-refractivity contribution in [3.8, 4) is 5.69 Å². The molecule has 0 radical (unpaired) electrons. The van der Waals surface area contributed by atoms with Gasteiger partial charge in [0.25, 0.3) is 5.69 Å². The number of aliphatic hydroxyl groups is 1. The van der Waals surface area contributed by atoms with Crippen LogP contribution in [0.3, 0.4) is 0 Å². The number of halogens is 3. The van der Waals surface area contributed by atoms with Crippen LogP contribution in [0, 0.1) is 17.0 Å². The van der Waals surface area contributed by atoms with Gasteiger partial charge < -0.3 is 10.8 Å². The second-order valence-electron chi connectivity index (χ2n) is 5.10. The number of hydrogen-bond donors (Lipinski definition) is 2. The molecule has 0 bridgehead atoms. The lowest BCUT2D eigenvalue weighted by Gasteiger charge is -2.26. The van der Waals surface area contributed by atoms with Crippen LogP contribution in [-0.2, 0) is 5.60 Å². The average Bonchev–Trinajstić information content (AvgIpc) is 2.73. The van der Waals surface area contributed by atoms with E-state index in [-0.39, 0.29) is 17.1 Å². The number of anilines is 1. The number of benzene rings is 1. The minimum absolute atomic E-state index is 0.0943. The summed E-state index contributed by atoms with van der Waals surface area (Å²) in [7, 11) is 0. The molecule has 1 heterocycles. The summed E-state index contributed by atoms with van der Waals surface area (Å²) >= 11 is 0. The second-order valence-corrected chi connectivity index (χ2v) is 5.10. The Balaban J connectivity index is 2.56. The van der Waals surface area contributed by atoms with Gasteiger partial charge in [-0.25, -0.2) is 4.68 Å². The summed E-state index contributed by atoms with van der Waals surface area (Å²) in [6, 6.07) is 4.95. The van der Waals surface area contributed by atoms with Crippen molar-refractivity contribution in [3.05, 3.63) is 45.6 Å². The van der Waals surface area contributed by atoms with E-state index in [1.54, 1.807) is 0 Å². The number of aryl methyl sites for hydroxylation is 1. The summed E-state index contributed by atoms with van der Waals surface area (Å²) in [4.78, 5) is 10.0. The Morgan fingerprint density at radius 2 is 1.83 bits per heavy atom. The van der Waals surface area contributed by atoms with E-state index in [0.29, 0.717) is 6.92 Å². The molecule has 2 aromatic rings. The van der Waals surface area contributed by atoms with E-state index in [1.807, 2.05) is 0 Å². The van der Waals surface area contributed by atoms with E-state index in [9.17, 15) is 28.4 Å². The first-order chi connectivity index (χ1) is 10.5. The lowest BCUT2D eigenvalue weighted by Crippen LogP contribution is -2.40. The number of aromatic nitrogens is 2. The molecule has 124 valence electrons. The van der Waals surface area contributed by atoms with E-state index in [1.165, 1.54) is 31.2 Å². The highest BCUT2D eigenvalue weighted by molar-refractivity contribution is 5.54. The minimum atomic E-state index is -4.94. The first-order valence-corrected chi connectivity index (χ1v) is 6.36. The van der Waals surface area contributed by atoms with Gasteiger partial charge in [-0.1, -0.05) is 0 Å². The maximum absolute atomic E-state index is 13.0. The van der Waals surface area contributed by atoms with Gasteiger partial charge in [-0.3, -0.25) is 10.1 Å². The predicted molar refractivity (Wildman–Crippen MR) is 75.0 cm³/mol. The lowest BCUT2D eigenvalue weighted by molar-refractivity contribution is -0.384. The van der Waals surface area contributed by atoms with Gasteiger partial charge in [-0.15, -0.1) is 0 Å². The highest BCUT2D eigenvalue weighted by Gasteiger charge is 2.54. The second kappa shape index (κ2) is 5.23. The molecule has 0 saturated heterocycles. The maximum Gasteiger partial charge on any atom is 0.421 e. The number of rotatable bonds is 3. The van der Waals surface area contributed by atoms with Gasteiger partial charge in [0, 0.05) is 12.1 Å². The normalized spacial score (nSPS) is 14.5. The molecule has 23 heavy (non-hydrogen) atoms. The number of non-ortho nitro benzene ring substituents is 1. The summed E-state index contributed by atoms with van der Waals surface area (Å²) in [6.45, 7) is 1.88. The molecular weight excluding hydrogens is 317 g/mol. The Morgan fingerprint density at radius 1 is 1.30 bits per heavy atom. The quantitative estimate of drug-likeness (QED) is 0.664. The Morgan fingerprint density at radius 3 is 2.26 bits per heavy atom. The number of nitrogens with two attached hydrogens (primary N) is 1. The number of alkyl halides is 3. The van der Waals surface area contributed by atoms with Gasteiger partial charge in [-0.05, 0) is 26.0 Å². The van der Waals surface area contributed by atoms with Crippen LogP contribution in [0.1, 0.15) is 18.2 Å². The summed E-state index contributed by atoms with van der Waals surface area (Å²) in [6.07, 6.45) is -4.94.